The zero-order valence-corrected chi connectivity index (χ0v) is 32.1. The largest absolute Gasteiger partial charge is 0.481 e. The molecule has 56 heavy (non-hydrogen) atoms. The average molecular weight is 794 g/mol. The summed E-state index contributed by atoms with van der Waals surface area (Å²) in [5.41, 5.74) is 3.07. The number of carboxylic acids is 1. The first kappa shape index (κ1) is 39.3. The van der Waals surface area contributed by atoms with Gasteiger partial charge in [0.2, 0.25) is 23.5 Å². The fourth-order valence-electron chi connectivity index (χ4n) is 8.07. The first-order valence-corrected chi connectivity index (χ1v) is 18.7. The minimum Gasteiger partial charge on any atom is -0.481 e. The molecule has 3 aromatic rings. The second kappa shape index (κ2) is 15.2. The van der Waals surface area contributed by atoms with Gasteiger partial charge in [0, 0.05) is 61.2 Å². The van der Waals surface area contributed by atoms with Crippen molar-refractivity contribution in [2.75, 3.05) is 33.9 Å². The molecule has 1 spiro atoms. The topological polar surface area (TPSA) is 135 Å². The second-order valence-corrected chi connectivity index (χ2v) is 15.4. The molecule has 4 aliphatic rings. The normalized spacial score (nSPS) is 21.4. The first-order chi connectivity index (χ1) is 26.7. The highest BCUT2D eigenvalue weighted by atomic mass is 35.5. The molecule has 296 valence electrons. The number of aliphatic carboxylic acids is 1. The number of rotatable bonds is 13. The van der Waals surface area contributed by atoms with E-state index >= 15 is 0 Å². The van der Waals surface area contributed by atoms with Crippen LogP contribution >= 0.6 is 11.6 Å². The third-order valence-electron chi connectivity index (χ3n) is 11.2. The van der Waals surface area contributed by atoms with E-state index in [2.05, 4.69) is 27.1 Å². The fourth-order valence-corrected chi connectivity index (χ4v) is 8.43. The van der Waals surface area contributed by atoms with E-state index in [9.17, 15) is 27.9 Å². The van der Waals surface area contributed by atoms with Crippen LogP contribution in [0, 0.1) is 5.41 Å². The number of nitrogens with one attached hydrogen (secondary N) is 2. The smallest absolute Gasteiger partial charge is 0.421 e. The summed E-state index contributed by atoms with van der Waals surface area (Å²) in [5.74, 6) is -1.22. The van der Waals surface area contributed by atoms with Gasteiger partial charge in [-0.05, 0) is 67.0 Å². The lowest BCUT2D eigenvalue weighted by atomic mass is 9.79. The Morgan fingerprint density at radius 1 is 1.12 bits per heavy atom. The molecule has 0 radical (unpaired) electrons. The zero-order chi connectivity index (χ0) is 40.0. The summed E-state index contributed by atoms with van der Waals surface area (Å²) >= 11 is 7.12. The molecule has 3 N–H and O–H groups in total. The number of hydrogen-bond acceptors (Lipinski definition) is 9. The number of aromatic nitrogens is 2. The van der Waals surface area contributed by atoms with Crippen molar-refractivity contribution >= 4 is 29.1 Å². The monoisotopic (exact) mass is 793 g/mol. The minimum atomic E-state index is -4.82. The van der Waals surface area contributed by atoms with Gasteiger partial charge in [-0.2, -0.15) is 18.2 Å². The number of alkyl halides is 3. The van der Waals surface area contributed by atoms with Gasteiger partial charge in [-0.25, -0.2) is 4.98 Å². The number of ether oxygens (including phenoxy) is 3. The molecule has 4 fully saturated rings. The maximum atomic E-state index is 14.5. The zero-order valence-electron chi connectivity index (χ0n) is 31.3. The summed E-state index contributed by atoms with van der Waals surface area (Å²) in [5, 5.41) is 15.8. The summed E-state index contributed by atoms with van der Waals surface area (Å²) in [6, 6.07) is 10.4. The molecule has 0 bridgehead atoms. The van der Waals surface area contributed by atoms with Crippen molar-refractivity contribution in [3.05, 3.63) is 93.6 Å². The first-order valence-electron chi connectivity index (χ1n) is 18.3. The number of halogens is 4. The van der Waals surface area contributed by atoms with Gasteiger partial charge < -0.3 is 24.6 Å². The molecular weight excluding hydrogens is 751 g/mol. The van der Waals surface area contributed by atoms with E-state index in [0.717, 1.165) is 41.4 Å². The fraction of sp³-hybridized carbons (Fsp3) is 0.415. The van der Waals surface area contributed by atoms with Crippen LogP contribution in [0.3, 0.4) is 0 Å². The Balaban J connectivity index is 1.13. The molecule has 7 rings (SSSR count). The van der Waals surface area contributed by atoms with Gasteiger partial charge in [0.1, 0.15) is 17.2 Å². The van der Waals surface area contributed by atoms with E-state index in [1.807, 2.05) is 37.3 Å². The molecule has 11 nitrogen and oxygen atoms in total. The van der Waals surface area contributed by atoms with Crippen molar-refractivity contribution in [3.63, 3.8) is 0 Å². The molecule has 2 aliphatic heterocycles. The van der Waals surface area contributed by atoms with Crippen molar-refractivity contribution in [1.82, 2.24) is 25.5 Å². The van der Waals surface area contributed by atoms with E-state index in [0.29, 0.717) is 72.9 Å². The standard InChI is InChI=1S/C41H43ClF3N5O6/c1-5-7-28-26(11-13-32(28)56-37-30(41(43,44)45)16-25(36(49-37)55-4)18-47-40(14-15-40)38(52)53)23(2)27-8-6-9-29(34(27)42)31-12-10-24(35(48-31)54-3)19-50-21-39(22-50)17-33(51)46-20-39/h5-10,12,16,32,47H,1,11,13-15,17-22H2,2-4H3,(H,46,51)(H,52,53)/b26-23+,28-7+/t32-/m0/s1. The molecule has 0 unspecified atom stereocenters. The maximum Gasteiger partial charge on any atom is 0.421 e. The van der Waals surface area contributed by atoms with Crippen molar-refractivity contribution in [3.8, 4) is 28.9 Å². The van der Waals surface area contributed by atoms with E-state index in [4.69, 9.17) is 30.8 Å². The summed E-state index contributed by atoms with van der Waals surface area (Å²) in [7, 11) is 2.86. The molecule has 2 aromatic heterocycles. The summed E-state index contributed by atoms with van der Waals surface area (Å²) in [4.78, 5) is 34.7. The van der Waals surface area contributed by atoms with Crippen molar-refractivity contribution in [1.29, 1.82) is 0 Å². The van der Waals surface area contributed by atoms with E-state index < -0.39 is 35.2 Å². The minimum absolute atomic E-state index is 0.00925. The second-order valence-electron chi connectivity index (χ2n) is 15.0. The van der Waals surface area contributed by atoms with Gasteiger partial charge in [-0.15, -0.1) is 0 Å². The van der Waals surface area contributed by atoms with Crippen LogP contribution < -0.4 is 24.8 Å². The van der Waals surface area contributed by atoms with Crippen LogP contribution in [0.2, 0.25) is 5.02 Å². The molecular formula is C41H43ClF3N5O6. The lowest BCUT2D eigenvalue weighted by Crippen LogP contribution is -2.56. The summed E-state index contributed by atoms with van der Waals surface area (Å²) < 4.78 is 60.6. The average Bonchev–Trinajstić information content (AvgIpc) is 3.72. The van der Waals surface area contributed by atoms with Gasteiger partial charge in [0.05, 0.1) is 24.9 Å². The number of carbonyl (C=O) groups is 2. The Labute approximate surface area is 327 Å². The highest BCUT2D eigenvalue weighted by Crippen LogP contribution is 2.45. The molecule has 1 atom stereocenters. The molecule has 1 aromatic carbocycles. The quantitative estimate of drug-likeness (QED) is 0.166. The summed E-state index contributed by atoms with van der Waals surface area (Å²) in [6.45, 7) is 8.56. The van der Waals surface area contributed by atoms with E-state index in [1.165, 1.54) is 7.11 Å². The lowest BCUT2D eigenvalue weighted by molar-refractivity contribution is -0.141. The third-order valence-corrected chi connectivity index (χ3v) is 11.6. The highest BCUT2D eigenvalue weighted by Gasteiger charge is 2.50. The number of nitrogens with zero attached hydrogens (tertiary/aromatic N) is 3. The highest BCUT2D eigenvalue weighted by molar-refractivity contribution is 6.35. The van der Waals surface area contributed by atoms with Gasteiger partial charge in [-0.3, -0.25) is 19.8 Å². The van der Waals surface area contributed by atoms with Crippen molar-refractivity contribution in [2.24, 2.45) is 5.41 Å². The number of amides is 1. The Hall–Kier alpha value is -4.92. The predicted octanol–water partition coefficient (Wildman–Crippen LogP) is 6.99. The van der Waals surface area contributed by atoms with Crippen molar-refractivity contribution in [2.45, 2.75) is 69.9 Å². The molecule has 2 aliphatic carbocycles. The van der Waals surface area contributed by atoms with Crippen LogP contribution in [0.15, 0.2) is 66.3 Å². The number of benzene rings is 1. The molecule has 2 saturated carbocycles. The number of methoxy groups -OCH3 is 2. The number of likely N-dealkylation sites (tertiary alicyclic amines) is 1. The van der Waals surface area contributed by atoms with Gasteiger partial charge in [-0.1, -0.05) is 54.6 Å². The molecule has 2 saturated heterocycles. The van der Waals surface area contributed by atoms with Crippen LogP contribution in [-0.2, 0) is 28.9 Å². The Morgan fingerprint density at radius 2 is 1.86 bits per heavy atom. The number of pyridine rings is 2. The van der Waals surface area contributed by atoms with Gasteiger partial charge in [0.25, 0.3) is 0 Å². The van der Waals surface area contributed by atoms with Crippen LogP contribution in [0.1, 0.15) is 61.3 Å². The Bertz CT molecular complexity index is 2140. The molecule has 1 amide bonds. The van der Waals surface area contributed by atoms with E-state index in [1.54, 1.807) is 19.3 Å². The number of hydrogen-bond donors (Lipinski definition) is 3. The van der Waals surface area contributed by atoms with Crippen LogP contribution in [-0.4, -0.2) is 77.3 Å². The Kier molecular flexibility index (Phi) is 10.7. The molecule has 4 heterocycles. The van der Waals surface area contributed by atoms with Gasteiger partial charge in [0.15, 0.2) is 0 Å². The maximum absolute atomic E-state index is 14.5. The number of carboxylic acid groups (broad SMARTS) is 1. The number of allylic oxidation sites excluding steroid dienone is 3. The number of carbonyl (C=O) groups excluding carboxylic acids is 1. The van der Waals surface area contributed by atoms with E-state index in [-0.39, 0.29) is 29.3 Å². The van der Waals surface area contributed by atoms with Crippen LogP contribution in [0.25, 0.3) is 16.8 Å². The van der Waals surface area contributed by atoms with Crippen LogP contribution in [0.4, 0.5) is 13.2 Å². The predicted molar refractivity (Wildman–Crippen MR) is 203 cm³/mol. The van der Waals surface area contributed by atoms with Crippen LogP contribution in [0.5, 0.6) is 17.6 Å². The third kappa shape index (κ3) is 7.61. The van der Waals surface area contributed by atoms with Crippen molar-refractivity contribution < 1.29 is 42.1 Å². The van der Waals surface area contributed by atoms with Gasteiger partial charge >= 0.3 is 12.1 Å². The Morgan fingerprint density at radius 3 is 2.48 bits per heavy atom. The molecule has 15 heteroatoms. The summed E-state index contributed by atoms with van der Waals surface area (Å²) in [6.07, 6.45) is -0.182. The lowest BCUT2D eigenvalue weighted by Gasteiger charge is -2.47. The SMILES string of the molecule is C=C/C=C1\C(=C(/C)c2cccc(-c3ccc(CN4CC5(CNC(=O)C5)C4)c(OC)n3)c2Cl)CC[C@@H]1Oc1nc(OC)c(CNC2(C(=O)O)CC2)cc1C(F)(F)F.